The molecule has 0 amide bonds. The van der Waals surface area contributed by atoms with Crippen LogP contribution in [0, 0.1) is 45.9 Å². The average molecular weight is 445 g/mol. The van der Waals surface area contributed by atoms with Crippen molar-refractivity contribution in [1.29, 1.82) is 0 Å². The highest BCUT2D eigenvalue weighted by Crippen LogP contribution is 2.47. The first kappa shape index (κ1) is 22.7. The molecule has 0 spiro atoms. The molecule has 1 aliphatic rings. The SMILES string of the molecule is CC1(C)[C@H]([N+](=O)[O-])[C@H](c2cccc([N+](=O)[O-])c2)N[C@@H](c2cccc([N+](=O)[O-])c2)[C@H]1[N+](=O)[O-]. The number of benzene rings is 2. The van der Waals surface area contributed by atoms with Crippen LogP contribution in [0.5, 0.6) is 0 Å². The van der Waals surface area contributed by atoms with Crippen LogP contribution in [-0.4, -0.2) is 31.8 Å². The highest BCUT2D eigenvalue weighted by atomic mass is 16.6. The van der Waals surface area contributed by atoms with Gasteiger partial charge >= 0.3 is 0 Å². The summed E-state index contributed by atoms with van der Waals surface area (Å²) in [7, 11) is 0. The second kappa shape index (κ2) is 8.26. The van der Waals surface area contributed by atoms with E-state index < -0.39 is 49.3 Å². The Morgan fingerprint density at radius 3 is 1.41 bits per heavy atom. The van der Waals surface area contributed by atoms with Crippen LogP contribution in [0.3, 0.4) is 0 Å². The Morgan fingerprint density at radius 2 is 1.09 bits per heavy atom. The van der Waals surface area contributed by atoms with Crippen LogP contribution in [0.4, 0.5) is 11.4 Å². The Morgan fingerprint density at radius 1 is 0.719 bits per heavy atom. The number of piperidine rings is 1. The Balaban J connectivity index is 2.20. The minimum absolute atomic E-state index is 0.214. The molecule has 2 aromatic carbocycles. The van der Waals surface area contributed by atoms with Crippen LogP contribution in [0.1, 0.15) is 37.1 Å². The van der Waals surface area contributed by atoms with Gasteiger partial charge in [0.2, 0.25) is 12.1 Å². The summed E-state index contributed by atoms with van der Waals surface area (Å²) < 4.78 is 0. The van der Waals surface area contributed by atoms with Crippen LogP contribution in [0.25, 0.3) is 0 Å². The molecule has 13 nitrogen and oxygen atoms in total. The monoisotopic (exact) mass is 445 g/mol. The van der Waals surface area contributed by atoms with Crippen LogP contribution >= 0.6 is 0 Å². The van der Waals surface area contributed by atoms with E-state index in [-0.39, 0.29) is 22.5 Å². The third-order valence-electron chi connectivity index (χ3n) is 5.85. The number of nitro groups is 4. The van der Waals surface area contributed by atoms with Gasteiger partial charge in [-0.25, -0.2) is 0 Å². The highest BCUT2D eigenvalue weighted by molar-refractivity contribution is 5.40. The predicted octanol–water partition coefficient (Wildman–Crippen LogP) is 3.21. The van der Waals surface area contributed by atoms with Crippen LogP contribution in [0.2, 0.25) is 0 Å². The smallest absolute Gasteiger partial charge is 0.269 e. The maximum absolute atomic E-state index is 12.0. The number of nitrogens with one attached hydrogen (secondary N) is 1. The van der Waals surface area contributed by atoms with Gasteiger partial charge in [0.15, 0.2) is 0 Å². The standard InChI is InChI=1S/C19H19N5O8/c1-19(2)17(23(29)30)15(11-5-3-7-13(9-11)21(25)26)20-16(18(19)24(31)32)12-6-4-8-14(10-12)22(27)28/h3-10,15-18,20H,1-2H3/t15-,16-,17+,18+/m0/s1. The minimum atomic E-state index is -1.52. The number of non-ortho nitro benzene ring substituents is 2. The summed E-state index contributed by atoms with van der Waals surface area (Å²) in [4.78, 5) is 44.0. The lowest BCUT2D eigenvalue weighted by Crippen LogP contribution is -2.63. The molecule has 1 saturated heterocycles. The van der Waals surface area contributed by atoms with E-state index in [4.69, 9.17) is 0 Å². The minimum Gasteiger partial charge on any atom is -0.291 e. The van der Waals surface area contributed by atoms with Gasteiger partial charge in [0.05, 0.1) is 9.85 Å². The van der Waals surface area contributed by atoms with E-state index in [1.54, 1.807) is 0 Å². The van der Waals surface area contributed by atoms with Crippen molar-refractivity contribution in [2.24, 2.45) is 5.41 Å². The molecule has 1 N–H and O–H groups in total. The van der Waals surface area contributed by atoms with Gasteiger partial charge in [-0.2, -0.15) is 0 Å². The Bertz CT molecular complexity index is 1020. The first-order valence-corrected chi connectivity index (χ1v) is 9.47. The Hall–Kier alpha value is -4.00. The largest absolute Gasteiger partial charge is 0.291 e. The third kappa shape index (κ3) is 3.97. The maximum Gasteiger partial charge on any atom is 0.269 e. The Kier molecular flexibility index (Phi) is 5.86. The van der Waals surface area contributed by atoms with Crippen molar-refractivity contribution >= 4 is 11.4 Å². The second-order valence-corrected chi connectivity index (χ2v) is 8.11. The molecule has 0 radical (unpaired) electrons. The molecule has 0 aromatic heterocycles. The summed E-state index contributed by atoms with van der Waals surface area (Å²) >= 11 is 0. The molecule has 4 atom stereocenters. The zero-order valence-corrected chi connectivity index (χ0v) is 17.0. The topological polar surface area (TPSA) is 185 Å². The molecule has 1 heterocycles. The molecule has 0 saturated carbocycles. The van der Waals surface area contributed by atoms with Crippen molar-refractivity contribution in [2.75, 3.05) is 0 Å². The normalized spacial score (nSPS) is 24.4. The molecular weight excluding hydrogens is 426 g/mol. The second-order valence-electron chi connectivity index (χ2n) is 8.11. The van der Waals surface area contributed by atoms with Crippen LogP contribution in [0.15, 0.2) is 48.5 Å². The molecule has 1 aliphatic heterocycles. The van der Waals surface area contributed by atoms with Crippen molar-refractivity contribution in [3.63, 3.8) is 0 Å². The zero-order chi connectivity index (χ0) is 23.8. The van der Waals surface area contributed by atoms with Crippen molar-refractivity contribution in [2.45, 2.75) is 38.0 Å². The zero-order valence-electron chi connectivity index (χ0n) is 17.0. The van der Waals surface area contributed by atoms with E-state index >= 15 is 0 Å². The molecule has 1 fully saturated rings. The van der Waals surface area contributed by atoms with Gasteiger partial charge in [-0.15, -0.1) is 0 Å². The average Bonchev–Trinajstić information content (AvgIpc) is 2.71. The fourth-order valence-corrected chi connectivity index (χ4v) is 4.42. The fraction of sp³-hybridized carbons (Fsp3) is 0.368. The molecule has 2 aromatic rings. The molecular formula is C19H19N5O8. The number of hydrogen-bond donors (Lipinski definition) is 1. The van der Waals surface area contributed by atoms with Crippen molar-refractivity contribution in [1.82, 2.24) is 5.32 Å². The van der Waals surface area contributed by atoms with Gasteiger partial charge in [-0.3, -0.25) is 45.8 Å². The van der Waals surface area contributed by atoms with Gasteiger partial charge < -0.3 is 0 Å². The first-order valence-electron chi connectivity index (χ1n) is 9.47. The number of hydrogen-bond acceptors (Lipinski definition) is 9. The molecule has 0 unspecified atom stereocenters. The molecule has 0 aliphatic carbocycles. The quantitative estimate of drug-likeness (QED) is 0.515. The third-order valence-corrected chi connectivity index (χ3v) is 5.85. The summed E-state index contributed by atoms with van der Waals surface area (Å²) in [5, 5.41) is 49.4. The van der Waals surface area contributed by atoms with E-state index in [1.807, 2.05) is 0 Å². The summed E-state index contributed by atoms with van der Waals surface area (Å²) in [5.74, 6) is 0. The van der Waals surface area contributed by atoms with Gasteiger partial charge in [0.1, 0.15) is 17.5 Å². The lowest BCUT2D eigenvalue weighted by atomic mass is 9.66. The number of nitrogens with zero attached hydrogens (tertiary/aromatic N) is 4. The van der Waals surface area contributed by atoms with Gasteiger partial charge in [-0.05, 0) is 25.0 Å². The molecule has 3 rings (SSSR count). The summed E-state index contributed by atoms with van der Waals surface area (Å²) in [6.45, 7) is 2.78. The van der Waals surface area contributed by atoms with E-state index in [1.165, 1.54) is 62.4 Å². The summed E-state index contributed by atoms with van der Waals surface area (Å²) in [6, 6.07) is 5.26. The van der Waals surface area contributed by atoms with Gasteiger partial charge in [-0.1, -0.05) is 24.3 Å². The lowest BCUT2D eigenvalue weighted by Gasteiger charge is -2.44. The molecule has 32 heavy (non-hydrogen) atoms. The first-order chi connectivity index (χ1) is 14.9. The van der Waals surface area contributed by atoms with Crippen molar-refractivity contribution in [3.05, 3.63) is 100 Å². The molecule has 168 valence electrons. The van der Waals surface area contributed by atoms with E-state index in [9.17, 15) is 40.5 Å². The van der Waals surface area contributed by atoms with E-state index in [0.717, 1.165) is 0 Å². The van der Waals surface area contributed by atoms with Crippen molar-refractivity contribution < 1.29 is 19.7 Å². The summed E-state index contributed by atoms with van der Waals surface area (Å²) in [6.07, 6.45) is 0. The highest BCUT2D eigenvalue weighted by Gasteiger charge is 2.63. The van der Waals surface area contributed by atoms with E-state index in [0.29, 0.717) is 0 Å². The molecule has 0 bridgehead atoms. The fourth-order valence-electron chi connectivity index (χ4n) is 4.42. The Labute approximate surface area is 180 Å². The summed E-state index contributed by atoms with van der Waals surface area (Å²) in [5.41, 5.74) is -1.67. The lowest BCUT2D eigenvalue weighted by molar-refractivity contribution is -0.605. The van der Waals surface area contributed by atoms with Crippen molar-refractivity contribution in [3.8, 4) is 0 Å². The maximum atomic E-state index is 12.0. The van der Waals surface area contributed by atoms with Gasteiger partial charge in [0.25, 0.3) is 11.4 Å². The predicted molar refractivity (Wildman–Crippen MR) is 110 cm³/mol. The number of nitro benzene ring substituents is 2. The van der Waals surface area contributed by atoms with Gasteiger partial charge in [0, 0.05) is 34.1 Å². The van der Waals surface area contributed by atoms with Crippen LogP contribution < -0.4 is 5.32 Å². The number of rotatable bonds is 6. The van der Waals surface area contributed by atoms with Crippen LogP contribution in [-0.2, 0) is 0 Å². The molecule has 13 heteroatoms. The van der Waals surface area contributed by atoms with E-state index in [2.05, 4.69) is 5.32 Å².